The molecule has 2 amide bonds. The first-order chi connectivity index (χ1) is 11.4. The molecule has 0 aromatic carbocycles. The Bertz CT molecular complexity index is 642. The van der Waals surface area contributed by atoms with Crippen molar-refractivity contribution in [3.63, 3.8) is 0 Å². The molecule has 0 bridgehead atoms. The number of carbonyl (C=O) groups is 2. The van der Waals surface area contributed by atoms with Gasteiger partial charge in [0.1, 0.15) is 0 Å². The van der Waals surface area contributed by atoms with Crippen molar-refractivity contribution in [2.24, 2.45) is 5.41 Å². The van der Waals surface area contributed by atoms with Crippen LogP contribution in [-0.4, -0.2) is 59.1 Å². The fourth-order valence-electron chi connectivity index (χ4n) is 3.28. The van der Waals surface area contributed by atoms with Gasteiger partial charge >= 0.3 is 6.09 Å². The van der Waals surface area contributed by atoms with Crippen molar-refractivity contribution >= 4 is 27.9 Å². The summed E-state index contributed by atoms with van der Waals surface area (Å²) in [6.45, 7) is 6.66. The highest BCUT2D eigenvalue weighted by Gasteiger charge is 2.38. The SMILES string of the molecule is CC1(C)COC(=O)N(C2CCN(C(=O)c3cncc(Br)c3)CC2)C1. The van der Waals surface area contributed by atoms with Gasteiger partial charge in [-0.05, 0) is 34.8 Å². The van der Waals surface area contributed by atoms with Gasteiger partial charge in [-0.25, -0.2) is 4.79 Å². The minimum Gasteiger partial charge on any atom is -0.449 e. The molecule has 2 fully saturated rings. The highest BCUT2D eigenvalue weighted by molar-refractivity contribution is 9.10. The first kappa shape index (κ1) is 17.2. The van der Waals surface area contributed by atoms with Crippen molar-refractivity contribution in [3.05, 3.63) is 28.5 Å². The van der Waals surface area contributed by atoms with Gasteiger partial charge in [0.15, 0.2) is 0 Å². The lowest BCUT2D eigenvalue weighted by molar-refractivity contribution is -0.0153. The van der Waals surface area contributed by atoms with Gasteiger partial charge in [0.05, 0.1) is 12.2 Å². The van der Waals surface area contributed by atoms with Crippen LogP contribution in [0.3, 0.4) is 0 Å². The summed E-state index contributed by atoms with van der Waals surface area (Å²) in [5, 5.41) is 0. The molecule has 0 unspecified atom stereocenters. The maximum absolute atomic E-state index is 12.6. The van der Waals surface area contributed by atoms with Crippen molar-refractivity contribution in [1.29, 1.82) is 0 Å². The molecular weight excluding hydrogens is 374 g/mol. The molecule has 0 spiro atoms. The van der Waals surface area contributed by atoms with Crippen LogP contribution >= 0.6 is 15.9 Å². The number of aromatic nitrogens is 1. The molecule has 6 nitrogen and oxygen atoms in total. The molecule has 1 aromatic rings. The highest BCUT2D eigenvalue weighted by Crippen LogP contribution is 2.28. The molecule has 0 radical (unpaired) electrons. The van der Waals surface area contributed by atoms with E-state index in [9.17, 15) is 9.59 Å². The predicted octanol–water partition coefficient (Wildman–Crippen LogP) is 2.93. The number of cyclic esters (lactones) is 1. The van der Waals surface area contributed by atoms with Crippen LogP contribution in [0.25, 0.3) is 0 Å². The number of pyridine rings is 1. The van der Waals surface area contributed by atoms with Crippen molar-refractivity contribution in [2.75, 3.05) is 26.2 Å². The predicted molar refractivity (Wildman–Crippen MR) is 92.7 cm³/mol. The van der Waals surface area contributed by atoms with E-state index in [0.717, 1.165) is 17.3 Å². The molecule has 2 aliphatic heterocycles. The number of hydrogen-bond donors (Lipinski definition) is 0. The Morgan fingerprint density at radius 1 is 1.33 bits per heavy atom. The normalized spacial score (nSPS) is 21.5. The Balaban J connectivity index is 1.61. The molecule has 3 heterocycles. The number of amides is 2. The number of rotatable bonds is 2. The molecule has 3 rings (SSSR count). The summed E-state index contributed by atoms with van der Waals surface area (Å²) in [5.41, 5.74) is 0.560. The zero-order chi connectivity index (χ0) is 17.3. The van der Waals surface area contributed by atoms with Crippen LogP contribution in [0, 0.1) is 5.41 Å². The van der Waals surface area contributed by atoms with Crippen LogP contribution in [-0.2, 0) is 4.74 Å². The molecule has 0 saturated carbocycles. The van der Waals surface area contributed by atoms with E-state index < -0.39 is 0 Å². The van der Waals surface area contributed by atoms with E-state index in [1.54, 1.807) is 18.5 Å². The Hall–Kier alpha value is -1.63. The zero-order valence-electron chi connectivity index (χ0n) is 14.0. The number of nitrogens with zero attached hydrogens (tertiary/aromatic N) is 3. The summed E-state index contributed by atoms with van der Waals surface area (Å²) in [4.78, 5) is 32.4. The van der Waals surface area contributed by atoms with E-state index in [0.29, 0.717) is 31.8 Å². The molecule has 0 N–H and O–H groups in total. The third-order valence-electron chi connectivity index (χ3n) is 4.56. The number of likely N-dealkylation sites (tertiary alicyclic amines) is 1. The summed E-state index contributed by atoms with van der Waals surface area (Å²) < 4.78 is 6.10. The second kappa shape index (κ2) is 6.70. The van der Waals surface area contributed by atoms with Crippen LogP contribution in [0.4, 0.5) is 4.79 Å². The molecular formula is C17H22BrN3O3. The summed E-state index contributed by atoms with van der Waals surface area (Å²) >= 11 is 3.34. The molecule has 24 heavy (non-hydrogen) atoms. The van der Waals surface area contributed by atoms with E-state index in [2.05, 4.69) is 34.8 Å². The van der Waals surface area contributed by atoms with Crippen molar-refractivity contribution < 1.29 is 14.3 Å². The molecule has 2 aliphatic rings. The van der Waals surface area contributed by atoms with E-state index in [1.165, 1.54) is 0 Å². The fourth-order valence-corrected chi connectivity index (χ4v) is 3.65. The minimum absolute atomic E-state index is 0.0104. The van der Waals surface area contributed by atoms with Crippen LogP contribution in [0.2, 0.25) is 0 Å². The topological polar surface area (TPSA) is 62.7 Å². The average molecular weight is 396 g/mol. The number of hydrogen-bond acceptors (Lipinski definition) is 4. The van der Waals surface area contributed by atoms with Crippen molar-refractivity contribution in [1.82, 2.24) is 14.8 Å². The van der Waals surface area contributed by atoms with E-state index in [4.69, 9.17) is 4.74 Å². The van der Waals surface area contributed by atoms with Crippen LogP contribution < -0.4 is 0 Å². The third-order valence-corrected chi connectivity index (χ3v) is 5.00. The first-order valence-corrected chi connectivity index (χ1v) is 8.98. The summed E-state index contributed by atoms with van der Waals surface area (Å²) in [6.07, 6.45) is 4.57. The number of halogens is 1. The first-order valence-electron chi connectivity index (χ1n) is 8.19. The minimum atomic E-state index is -0.227. The number of piperidine rings is 1. The highest BCUT2D eigenvalue weighted by atomic mass is 79.9. The van der Waals surface area contributed by atoms with Crippen LogP contribution in [0.1, 0.15) is 37.0 Å². The van der Waals surface area contributed by atoms with E-state index in [-0.39, 0.29) is 23.5 Å². The van der Waals surface area contributed by atoms with Gasteiger partial charge in [0, 0.05) is 48.0 Å². The van der Waals surface area contributed by atoms with Gasteiger partial charge in [0.25, 0.3) is 5.91 Å². The third kappa shape index (κ3) is 3.71. The van der Waals surface area contributed by atoms with Crippen LogP contribution in [0.15, 0.2) is 22.9 Å². The van der Waals surface area contributed by atoms with E-state index in [1.807, 2.05) is 9.80 Å². The Kier molecular flexibility index (Phi) is 4.80. The zero-order valence-corrected chi connectivity index (χ0v) is 15.6. The Morgan fingerprint density at radius 2 is 2.04 bits per heavy atom. The molecule has 2 saturated heterocycles. The average Bonchev–Trinajstić information content (AvgIpc) is 2.57. The maximum atomic E-state index is 12.6. The monoisotopic (exact) mass is 395 g/mol. The lowest BCUT2D eigenvalue weighted by Crippen LogP contribution is -2.55. The summed E-state index contributed by atoms with van der Waals surface area (Å²) in [7, 11) is 0. The Morgan fingerprint density at radius 3 is 2.71 bits per heavy atom. The van der Waals surface area contributed by atoms with Gasteiger partial charge < -0.3 is 14.5 Å². The number of carbonyl (C=O) groups excluding carboxylic acids is 2. The fraction of sp³-hybridized carbons (Fsp3) is 0.588. The second-order valence-electron chi connectivity index (χ2n) is 7.26. The van der Waals surface area contributed by atoms with Crippen LogP contribution in [0.5, 0.6) is 0 Å². The number of ether oxygens (including phenoxy) is 1. The standard InChI is InChI=1S/C17H22BrN3O3/c1-17(2)10-21(16(23)24-11-17)14-3-5-20(6-4-14)15(22)12-7-13(18)9-19-8-12/h7-9,14H,3-6,10-11H2,1-2H3. The lowest BCUT2D eigenvalue weighted by Gasteiger charge is -2.44. The van der Waals surface area contributed by atoms with Crippen molar-refractivity contribution in [3.8, 4) is 0 Å². The van der Waals surface area contributed by atoms with Gasteiger partial charge in [0.2, 0.25) is 0 Å². The lowest BCUT2D eigenvalue weighted by atomic mass is 9.91. The molecule has 130 valence electrons. The van der Waals surface area contributed by atoms with Crippen molar-refractivity contribution in [2.45, 2.75) is 32.7 Å². The largest absolute Gasteiger partial charge is 0.449 e. The summed E-state index contributed by atoms with van der Waals surface area (Å²) in [6, 6.07) is 1.92. The summed E-state index contributed by atoms with van der Waals surface area (Å²) in [5.74, 6) is -0.0104. The second-order valence-corrected chi connectivity index (χ2v) is 8.18. The molecule has 0 aliphatic carbocycles. The van der Waals surface area contributed by atoms with Gasteiger partial charge in [-0.15, -0.1) is 0 Å². The Labute approximate surface area is 150 Å². The molecule has 0 atom stereocenters. The van der Waals surface area contributed by atoms with Gasteiger partial charge in [-0.1, -0.05) is 13.8 Å². The smallest absolute Gasteiger partial charge is 0.410 e. The maximum Gasteiger partial charge on any atom is 0.410 e. The molecule has 7 heteroatoms. The molecule has 1 aromatic heterocycles. The van der Waals surface area contributed by atoms with Gasteiger partial charge in [-0.3, -0.25) is 9.78 Å². The quantitative estimate of drug-likeness (QED) is 0.771. The van der Waals surface area contributed by atoms with E-state index >= 15 is 0 Å². The van der Waals surface area contributed by atoms with Gasteiger partial charge in [-0.2, -0.15) is 0 Å².